The summed E-state index contributed by atoms with van der Waals surface area (Å²) in [6.45, 7) is 0. The monoisotopic (exact) mass is 323 g/mol. The maximum Gasteiger partial charge on any atom is 0.335 e. The summed E-state index contributed by atoms with van der Waals surface area (Å²) in [5.41, 5.74) is 1.41. The Bertz CT molecular complexity index is 693. The molecule has 2 aromatic rings. The molecule has 7 nitrogen and oxygen atoms in total. The summed E-state index contributed by atoms with van der Waals surface area (Å²) in [6.07, 6.45) is 7.64. The third-order valence-electron chi connectivity index (χ3n) is 2.53. The van der Waals surface area contributed by atoms with Crippen molar-refractivity contribution < 1.29 is 9.90 Å². The molecule has 1 N–H and O–H groups in total. The highest BCUT2D eigenvalue weighted by Gasteiger charge is 2.01. The number of aromatic nitrogens is 2. The van der Waals surface area contributed by atoms with Crippen molar-refractivity contribution in [2.45, 2.75) is 0 Å². The third-order valence-corrected chi connectivity index (χ3v) is 3.89. The van der Waals surface area contributed by atoms with E-state index in [4.69, 9.17) is 5.11 Å². The summed E-state index contributed by atoms with van der Waals surface area (Å²) >= 11 is 3.01. The van der Waals surface area contributed by atoms with Gasteiger partial charge in [0.05, 0.1) is 11.3 Å². The average Bonchev–Trinajstić information content (AvgIpc) is 2.90. The SMILES string of the molecule is CSn1ccn(SC)c1=NN=Nc1ccc(C(=O)O)cc1. The van der Waals surface area contributed by atoms with Crippen molar-refractivity contribution in [3.8, 4) is 0 Å². The highest BCUT2D eigenvalue weighted by Crippen LogP contribution is 2.13. The summed E-state index contributed by atoms with van der Waals surface area (Å²) in [6, 6.07) is 6.12. The quantitative estimate of drug-likeness (QED) is 0.677. The van der Waals surface area contributed by atoms with Crippen LogP contribution in [0.4, 0.5) is 5.69 Å². The zero-order valence-corrected chi connectivity index (χ0v) is 13.0. The standard InChI is InChI=1S/C12H13N5O2S2/c1-20-16-7-8-17(21-2)12(16)14-15-13-10-5-3-9(4-6-10)11(18)19/h3-8H,1-2H3,(H,18,19). The zero-order valence-electron chi connectivity index (χ0n) is 11.4. The van der Waals surface area contributed by atoms with Gasteiger partial charge in [-0.2, -0.15) is 0 Å². The van der Waals surface area contributed by atoms with E-state index in [0.717, 1.165) is 0 Å². The molecule has 2 rings (SSSR count). The molecule has 9 heteroatoms. The third kappa shape index (κ3) is 3.76. The predicted molar refractivity (Wildman–Crippen MR) is 83.7 cm³/mol. The van der Waals surface area contributed by atoms with Gasteiger partial charge in [0.25, 0.3) is 5.62 Å². The minimum Gasteiger partial charge on any atom is -0.478 e. The number of nitrogens with zero attached hydrogens (tertiary/aromatic N) is 5. The van der Waals surface area contributed by atoms with Gasteiger partial charge in [-0.25, -0.2) is 4.79 Å². The summed E-state index contributed by atoms with van der Waals surface area (Å²) in [5, 5.41) is 20.7. The smallest absolute Gasteiger partial charge is 0.335 e. The van der Waals surface area contributed by atoms with Crippen LogP contribution in [-0.2, 0) is 0 Å². The van der Waals surface area contributed by atoms with E-state index in [1.165, 1.54) is 36.0 Å². The van der Waals surface area contributed by atoms with Gasteiger partial charge in [-0.05, 0) is 53.4 Å². The molecule has 0 unspecified atom stereocenters. The number of benzene rings is 1. The van der Waals surface area contributed by atoms with Gasteiger partial charge in [0.2, 0.25) is 0 Å². The second kappa shape index (κ2) is 7.14. The van der Waals surface area contributed by atoms with E-state index < -0.39 is 5.97 Å². The molecule has 1 aromatic heterocycles. The van der Waals surface area contributed by atoms with Crippen molar-refractivity contribution in [2.75, 3.05) is 12.5 Å². The largest absolute Gasteiger partial charge is 0.478 e. The number of carboxylic acid groups (broad SMARTS) is 1. The second-order valence-corrected chi connectivity index (χ2v) is 5.27. The van der Waals surface area contributed by atoms with E-state index in [2.05, 4.69) is 15.4 Å². The molecule has 0 aliphatic carbocycles. The molecule has 0 saturated carbocycles. The average molecular weight is 323 g/mol. The van der Waals surface area contributed by atoms with Gasteiger partial charge in [-0.1, -0.05) is 5.10 Å². The van der Waals surface area contributed by atoms with Gasteiger partial charge in [0, 0.05) is 24.9 Å². The molecule has 1 heterocycles. The summed E-state index contributed by atoms with van der Waals surface area (Å²) < 4.78 is 3.73. The normalized spacial score (nSPS) is 11.0. The van der Waals surface area contributed by atoms with E-state index in [9.17, 15) is 4.79 Å². The molecule has 0 atom stereocenters. The number of carbonyl (C=O) groups is 1. The fourth-order valence-electron chi connectivity index (χ4n) is 1.51. The van der Waals surface area contributed by atoms with Crippen LogP contribution in [0, 0.1) is 0 Å². The van der Waals surface area contributed by atoms with E-state index in [-0.39, 0.29) is 5.56 Å². The van der Waals surface area contributed by atoms with Crippen molar-refractivity contribution in [3.05, 3.63) is 47.8 Å². The van der Waals surface area contributed by atoms with Crippen molar-refractivity contribution in [1.29, 1.82) is 0 Å². The molecule has 0 aliphatic rings. The van der Waals surface area contributed by atoms with Crippen molar-refractivity contribution in [2.24, 2.45) is 15.4 Å². The predicted octanol–water partition coefficient (Wildman–Crippen LogP) is 2.84. The van der Waals surface area contributed by atoms with Crippen molar-refractivity contribution >= 4 is 35.6 Å². The molecule has 0 amide bonds. The minimum absolute atomic E-state index is 0.211. The van der Waals surface area contributed by atoms with Crippen LogP contribution in [0.2, 0.25) is 0 Å². The lowest BCUT2D eigenvalue weighted by Gasteiger charge is -1.96. The first kappa shape index (κ1) is 15.4. The van der Waals surface area contributed by atoms with Gasteiger partial charge in [0.1, 0.15) is 0 Å². The molecule has 0 bridgehead atoms. The molecule has 110 valence electrons. The van der Waals surface area contributed by atoms with Crippen molar-refractivity contribution in [3.63, 3.8) is 0 Å². The molecule has 0 saturated heterocycles. The Kier molecular flexibility index (Phi) is 5.23. The first-order valence-electron chi connectivity index (χ1n) is 5.82. The molecule has 0 spiro atoms. The topological polar surface area (TPSA) is 84.2 Å². The Morgan fingerprint density at radius 3 is 2.14 bits per heavy atom. The lowest BCUT2D eigenvalue weighted by atomic mass is 10.2. The number of hydrogen-bond acceptors (Lipinski definition) is 5. The second-order valence-electron chi connectivity index (χ2n) is 3.76. The molecule has 0 fully saturated rings. The molecular weight excluding hydrogens is 310 g/mol. The Morgan fingerprint density at radius 2 is 1.67 bits per heavy atom. The summed E-state index contributed by atoms with van der Waals surface area (Å²) in [4.78, 5) is 10.7. The van der Waals surface area contributed by atoms with E-state index >= 15 is 0 Å². The van der Waals surface area contributed by atoms with E-state index in [1.807, 2.05) is 32.9 Å². The Balaban J connectivity index is 2.23. The van der Waals surface area contributed by atoms with Gasteiger partial charge < -0.3 is 5.11 Å². The van der Waals surface area contributed by atoms with Crippen LogP contribution in [0.5, 0.6) is 0 Å². The van der Waals surface area contributed by atoms with Crippen LogP contribution in [0.1, 0.15) is 10.4 Å². The van der Waals surface area contributed by atoms with Gasteiger partial charge in [0.15, 0.2) is 0 Å². The Labute approximate surface area is 129 Å². The van der Waals surface area contributed by atoms with E-state index in [1.54, 1.807) is 12.1 Å². The summed E-state index contributed by atoms with van der Waals surface area (Å²) in [5.74, 6) is -0.970. The van der Waals surface area contributed by atoms with Crippen LogP contribution in [-0.4, -0.2) is 31.5 Å². The number of imidazole rings is 1. The summed E-state index contributed by atoms with van der Waals surface area (Å²) in [7, 11) is 0. The maximum absolute atomic E-state index is 10.7. The fraction of sp³-hybridized carbons (Fsp3) is 0.167. The zero-order chi connectivity index (χ0) is 15.2. The lowest BCUT2D eigenvalue weighted by molar-refractivity contribution is 0.0697. The minimum atomic E-state index is -0.970. The van der Waals surface area contributed by atoms with Gasteiger partial charge in [-0.15, -0.1) is 5.11 Å². The van der Waals surface area contributed by atoms with Crippen LogP contribution in [0.3, 0.4) is 0 Å². The van der Waals surface area contributed by atoms with Crippen LogP contribution in [0.15, 0.2) is 52.1 Å². The van der Waals surface area contributed by atoms with Crippen LogP contribution >= 0.6 is 23.9 Å². The molecule has 1 aromatic carbocycles. The number of hydrogen-bond donors (Lipinski definition) is 1. The first-order valence-corrected chi connectivity index (χ1v) is 8.19. The highest BCUT2D eigenvalue weighted by atomic mass is 32.2. The van der Waals surface area contributed by atoms with Gasteiger partial charge >= 0.3 is 5.97 Å². The molecular formula is C12H13N5O2S2. The van der Waals surface area contributed by atoms with Crippen molar-refractivity contribution in [1.82, 2.24) is 7.94 Å². The van der Waals surface area contributed by atoms with Gasteiger partial charge in [-0.3, -0.25) is 7.94 Å². The molecule has 0 aliphatic heterocycles. The maximum atomic E-state index is 10.7. The number of aromatic carboxylic acids is 1. The van der Waals surface area contributed by atoms with E-state index in [0.29, 0.717) is 11.3 Å². The molecule has 21 heavy (non-hydrogen) atoms. The van der Waals surface area contributed by atoms with Crippen LogP contribution in [0.25, 0.3) is 0 Å². The Morgan fingerprint density at radius 1 is 1.10 bits per heavy atom. The number of rotatable bonds is 5. The highest BCUT2D eigenvalue weighted by molar-refractivity contribution is 7.97. The van der Waals surface area contributed by atoms with Crippen LogP contribution < -0.4 is 5.62 Å². The fourth-order valence-corrected chi connectivity index (χ4v) is 2.49. The number of carboxylic acids is 1. The lowest BCUT2D eigenvalue weighted by Crippen LogP contribution is -2.18. The first-order chi connectivity index (χ1) is 10.2. The Hall–Kier alpha value is -2.00. The molecule has 0 radical (unpaired) electrons.